The van der Waals surface area contributed by atoms with Crippen LogP contribution in [0.5, 0.6) is 0 Å². The molecule has 3 N–H and O–H groups in total. The van der Waals surface area contributed by atoms with Gasteiger partial charge in [-0.1, -0.05) is 22.9 Å². The Bertz CT molecular complexity index is 551. The van der Waals surface area contributed by atoms with Gasteiger partial charge in [0.1, 0.15) is 4.90 Å². The quantitative estimate of drug-likeness (QED) is 0.767. The number of sulfonamides is 1. The van der Waals surface area contributed by atoms with Crippen molar-refractivity contribution in [1.82, 2.24) is 4.72 Å². The molecular formula is C11H14Br2N2O2S. The lowest BCUT2D eigenvalue weighted by Crippen LogP contribution is -2.27. The number of nitrogens with one attached hydrogen (secondary N) is 1. The van der Waals surface area contributed by atoms with E-state index < -0.39 is 10.0 Å². The van der Waals surface area contributed by atoms with Gasteiger partial charge in [0.05, 0.1) is 5.69 Å². The SMILES string of the molecule is CC1CC1CNS(=O)(=O)c1c(N)cc(Br)cc1Br. The summed E-state index contributed by atoms with van der Waals surface area (Å²) in [7, 11) is -3.56. The number of benzene rings is 1. The summed E-state index contributed by atoms with van der Waals surface area (Å²) in [4.78, 5) is 0.110. The second-order valence-corrected chi connectivity index (χ2v) is 8.10. The molecule has 0 bridgehead atoms. The number of hydrogen-bond donors (Lipinski definition) is 2. The molecule has 18 heavy (non-hydrogen) atoms. The molecule has 0 amide bonds. The van der Waals surface area contributed by atoms with E-state index in [1.165, 1.54) is 0 Å². The molecule has 0 aromatic heterocycles. The van der Waals surface area contributed by atoms with Crippen LogP contribution in [0, 0.1) is 11.8 Å². The van der Waals surface area contributed by atoms with Gasteiger partial charge in [0, 0.05) is 15.5 Å². The van der Waals surface area contributed by atoms with Crippen LogP contribution >= 0.6 is 31.9 Å². The Kier molecular flexibility index (Phi) is 4.06. The number of rotatable bonds is 4. The van der Waals surface area contributed by atoms with E-state index in [4.69, 9.17) is 5.73 Å². The van der Waals surface area contributed by atoms with Crippen molar-refractivity contribution in [3.8, 4) is 0 Å². The Morgan fingerprint density at radius 3 is 2.56 bits per heavy atom. The fourth-order valence-electron chi connectivity index (χ4n) is 1.84. The van der Waals surface area contributed by atoms with E-state index in [0.717, 1.165) is 10.9 Å². The van der Waals surface area contributed by atoms with Gasteiger partial charge in [0.25, 0.3) is 0 Å². The highest BCUT2D eigenvalue weighted by atomic mass is 79.9. The zero-order valence-corrected chi connectivity index (χ0v) is 13.8. The van der Waals surface area contributed by atoms with Gasteiger partial charge in [-0.25, -0.2) is 13.1 Å². The summed E-state index contributed by atoms with van der Waals surface area (Å²) < 4.78 is 28.2. The Balaban J connectivity index is 2.24. The maximum Gasteiger partial charge on any atom is 0.243 e. The van der Waals surface area contributed by atoms with Gasteiger partial charge in [-0.2, -0.15) is 0 Å². The molecule has 1 fully saturated rings. The first kappa shape index (κ1) is 14.3. The maximum atomic E-state index is 12.2. The van der Waals surface area contributed by atoms with Crippen LogP contribution in [0.1, 0.15) is 13.3 Å². The van der Waals surface area contributed by atoms with Gasteiger partial charge in [0.2, 0.25) is 10.0 Å². The van der Waals surface area contributed by atoms with E-state index in [2.05, 4.69) is 43.5 Å². The molecule has 1 aromatic rings. The molecule has 100 valence electrons. The van der Waals surface area contributed by atoms with Crippen molar-refractivity contribution >= 4 is 47.6 Å². The zero-order valence-electron chi connectivity index (χ0n) is 9.78. The van der Waals surface area contributed by atoms with Crippen molar-refractivity contribution in [2.24, 2.45) is 11.8 Å². The highest BCUT2D eigenvalue weighted by Crippen LogP contribution is 2.37. The van der Waals surface area contributed by atoms with Crippen LogP contribution < -0.4 is 10.5 Å². The van der Waals surface area contributed by atoms with Crippen LogP contribution in [-0.4, -0.2) is 15.0 Å². The third kappa shape index (κ3) is 3.07. The minimum Gasteiger partial charge on any atom is -0.398 e. The Morgan fingerprint density at radius 1 is 1.44 bits per heavy atom. The molecule has 0 saturated heterocycles. The number of hydrogen-bond acceptors (Lipinski definition) is 3. The Hall–Kier alpha value is -0.110. The minimum atomic E-state index is -3.56. The molecule has 7 heteroatoms. The normalized spacial score (nSPS) is 23.1. The lowest BCUT2D eigenvalue weighted by atomic mass is 10.3. The topological polar surface area (TPSA) is 72.2 Å². The lowest BCUT2D eigenvalue weighted by Gasteiger charge is -2.11. The van der Waals surface area contributed by atoms with Crippen molar-refractivity contribution in [1.29, 1.82) is 0 Å². The van der Waals surface area contributed by atoms with Crippen molar-refractivity contribution in [2.75, 3.05) is 12.3 Å². The number of nitrogens with two attached hydrogens (primary N) is 1. The van der Waals surface area contributed by atoms with E-state index in [9.17, 15) is 8.42 Å². The molecule has 0 aliphatic heterocycles. The van der Waals surface area contributed by atoms with E-state index in [0.29, 0.717) is 22.9 Å². The lowest BCUT2D eigenvalue weighted by molar-refractivity contribution is 0.574. The van der Waals surface area contributed by atoms with Gasteiger partial charge in [-0.15, -0.1) is 0 Å². The van der Waals surface area contributed by atoms with Gasteiger partial charge in [0.15, 0.2) is 0 Å². The molecule has 2 unspecified atom stereocenters. The first-order valence-corrected chi connectivity index (χ1v) is 8.62. The van der Waals surface area contributed by atoms with Crippen molar-refractivity contribution in [2.45, 2.75) is 18.2 Å². The molecule has 2 atom stereocenters. The molecule has 2 rings (SSSR count). The summed E-state index contributed by atoms with van der Waals surface area (Å²) in [5.74, 6) is 1.06. The average molecular weight is 398 g/mol. The third-order valence-electron chi connectivity index (χ3n) is 3.12. The number of halogens is 2. The molecule has 0 heterocycles. The second-order valence-electron chi connectivity index (χ2n) is 4.63. The van der Waals surface area contributed by atoms with E-state index in [1.54, 1.807) is 12.1 Å². The first-order chi connectivity index (χ1) is 8.31. The summed E-state index contributed by atoms with van der Waals surface area (Å²) in [5.41, 5.74) is 6.01. The van der Waals surface area contributed by atoms with Gasteiger partial charge in [-0.05, 0) is 46.3 Å². The second kappa shape index (κ2) is 5.11. The third-order valence-corrected chi connectivity index (χ3v) is 6.00. The van der Waals surface area contributed by atoms with E-state index in [-0.39, 0.29) is 10.6 Å². The fraction of sp³-hybridized carbons (Fsp3) is 0.455. The highest BCUT2D eigenvalue weighted by Gasteiger charge is 2.34. The molecule has 0 spiro atoms. The first-order valence-electron chi connectivity index (χ1n) is 5.55. The predicted molar refractivity (Wildman–Crippen MR) is 78.7 cm³/mol. The summed E-state index contributed by atoms with van der Waals surface area (Å²) in [5, 5.41) is 0. The van der Waals surface area contributed by atoms with Gasteiger partial charge in [-0.3, -0.25) is 0 Å². The molecule has 0 radical (unpaired) electrons. The largest absolute Gasteiger partial charge is 0.398 e. The highest BCUT2D eigenvalue weighted by molar-refractivity contribution is 9.11. The molecular weight excluding hydrogens is 384 g/mol. The monoisotopic (exact) mass is 396 g/mol. The van der Waals surface area contributed by atoms with Crippen LogP contribution in [-0.2, 0) is 10.0 Å². The fourth-order valence-corrected chi connectivity index (χ4v) is 5.00. The Morgan fingerprint density at radius 2 is 2.06 bits per heavy atom. The van der Waals surface area contributed by atoms with E-state index >= 15 is 0 Å². The van der Waals surface area contributed by atoms with Crippen LogP contribution in [0.3, 0.4) is 0 Å². The maximum absolute atomic E-state index is 12.2. The smallest absolute Gasteiger partial charge is 0.243 e. The summed E-state index contributed by atoms with van der Waals surface area (Å²) in [6.45, 7) is 2.59. The molecule has 1 aromatic carbocycles. The van der Waals surface area contributed by atoms with Crippen molar-refractivity contribution in [3.05, 3.63) is 21.1 Å². The molecule has 1 aliphatic carbocycles. The van der Waals surface area contributed by atoms with Gasteiger partial charge < -0.3 is 5.73 Å². The van der Waals surface area contributed by atoms with Crippen LogP contribution in [0.4, 0.5) is 5.69 Å². The molecule has 1 aliphatic rings. The minimum absolute atomic E-state index is 0.110. The molecule has 1 saturated carbocycles. The standard InChI is InChI=1S/C11H14Br2N2O2S/c1-6-2-7(6)5-15-18(16,17)11-9(13)3-8(12)4-10(11)14/h3-4,6-7,15H,2,5,14H2,1H3. The Labute approximate surface area is 124 Å². The van der Waals surface area contributed by atoms with Crippen molar-refractivity contribution in [3.63, 3.8) is 0 Å². The van der Waals surface area contributed by atoms with E-state index in [1.807, 2.05) is 0 Å². The van der Waals surface area contributed by atoms with Crippen LogP contribution in [0.15, 0.2) is 26.0 Å². The summed E-state index contributed by atoms with van der Waals surface area (Å²) >= 11 is 6.51. The van der Waals surface area contributed by atoms with Crippen molar-refractivity contribution < 1.29 is 8.42 Å². The molecule has 4 nitrogen and oxygen atoms in total. The average Bonchev–Trinajstić information content (AvgIpc) is 2.89. The van der Waals surface area contributed by atoms with Crippen LogP contribution in [0.2, 0.25) is 0 Å². The predicted octanol–water partition coefficient (Wildman–Crippen LogP) is 2.73. The zero-order chi connectivity index (χ0) is 13.5. The summed E-state index contributed by atoms with van der Waals surface area (Å²) in [6, 6.07) is 3.25. The summed E-state index contributed by atoms with van der Waals surface area (Å²) in [6.07, 6.45) is 1.08. The van der Waals surface area contributed by atoms with Gasteiger partial charge >= 0.3 is 0 Å². The number of anilines is 1. The van der Waals surface area contributed by atoms with Crippen LogP contribution in [0.25, 0.3) is 0 Å². The number of nitrogen functional groups attached to an aromatic ring is 1.